The summed E-state index contributed by atoms with van der Waals surface area (Å²) in [5.74, 6) is -0.379. The fourth-order valence-electron chi connectivity index (χ4n) is 1.93. The summed E-state index contributed by atoms with van der Waals surface area (Å²) in [6.45, 7) is 1.28. The number of nitrogens with zero attached hydrogens (tertiary/aromatic N) is 1. The van der Waals surface area contributed by atoms with Gasteiger partial charge in [0.1, 0.15) is 5.56 Å². The van der Waals surface area contributed by atoms with Gasteiger partial charge in [0.05, 0.1) is 10.6 Å². The molecule has 0 fully saturated rings. The van der Waals surface area contributed by atoms with E-state index >= 15 is 0 Å². The smallest absolute Gasteiger partial charge is 0.275 e. The summed E-state index contributed by atoms with van der Waals surface area (Å²) in [6, 6.07) is 6.20. The summed E-state index contributed by atoms with van der Waals surface area (Å²) in [5.41, 5.74) is 0.246. The molecule has 1 heterocycles. The number of hydrogen-bond acceptors (Lipinski definition) is 4. The minimum atomic E-state index is -0.513. The van der Waals surface area contributed by atoms with Gasteiger partial charge in [-0.3, -0.25) is 24.8 Å². The number of carbonyl (C=O) groups excluding carboxylic acids is 1. The Hall–Kier alpha value is -2.70. The summed E-state index contributed by atoms with van der Waals surface area (Å²) in [7, 11) is 0. The number of benzene rings is 1. The van der Waals surface area contributed by atoms with Gasteiger partial charge in [0.25, 0.3) is 11.2 Å². The first-order valence-electron chi connectivity index (χ1n) is 5.53. The van der Waals surface area contributed by atoms with Crippen molar-refractivity contribution in [3.8, 4) is 0 Å². The number of aromatic amines is 2. The van der Waals surface area contributed by atoms with Crippen LogP contribution in [0.1, 0.15) is 28.5 Å². The van der Waals surface area contributed by atoms with Gasteiger partial charge in [-0.25, -0.2) is 0 Å². The van der Waals surface area contributed by atoms with E-state index in [0.717, 1.165) is 0 Å². The van der Waals surface area contributed by atoms with Gasteiger partial charge < -0.3 is 5.10 Å². The number of rotatable bonds is 4. The quantitative estimate of drug-likeness (QED) is 0.492. The lowest BCUT2D eigenvalue weighted by molar-refractivity contribution is -0.385. The maximum atomic E-state index is 11.4. The van der Waals surface area contributed by atoms with Crippen molar-refractivity contribution < 1.29 is 9.72 Å². The Labute approximate surface area is 107 Å². The predicted octanol–water partition coefficient (Wildman–Crippen LogP) is 1.40. The van der Waals surface area contributed by atoms with Gasteiger partial charge in [-0.2, -0.15) is 0 Å². The molecule has 0 atom stereocenters. The zero-order valence-electron chi connectivity index (χ0n) is 10.1. The van der Waals surface area contributed by atoms with Gasteiger partial charge in [-0.05, 0) is 6.92 Å². The molecule has 0 saturated heterocycles. The first kappa shape index (κ1) is 12.7. The van der Waals surface area contributed by atoms with E-state index in [2.05, 4.69) is 10.2 Å². The number of aromatic nitrogens is 2. The minimum Gasteiger partial charge on any atom is -0.301 e. The van der Waals surface area contributed by atoms with Crippen molar-refractivity contribution in [2.24, 2.45) is 0 Å². The summed E-state index contributed by atoms with van der Waals surface area (Å²) in [4.78, 5) is 33.2. The van der Waals surface area contributed by atoms with Crippen molar-refractivity contribution in [3.63, 3.8) is 0 Å². The van der Waals surface area contributed by atoms with Crippen LogP contribution in [0.3, 0.4) is 0 Å². The Morgan fingerprint density at radius 1 is 1.32 bits per heavy atom. The Kier molecular flexibility index (Phi) is 3.28. The van der Waals surface area contributed by atoms with Crippen LogP contribution in [0.15, 0.2) is 29.1 Å². The van der Waals surface area contributed by atoms with Gasteiger partial charge >= 0.3 is 0 Å². The lowest BCUT2D eigenvalue weighted by atomic mass is 10.0. The Morgan fingerprint density at radius 2 is 2.00 bits per heavy atom. The van der Waals surface area contributed by atoms with Crippen molar-refractivity contribution in [3.05, 3.63) is 61.6 Å². The fraction of sp³-hybridized carbons (Fsp3) is 0.167. The van der Waals surface area contributed by atoms with Crippen LogP contribution in [0.4, 0.5) is 5.69 Å². The molecule has 0 spiro atoms. The molecule has 0 radical (unpaired) electrons. The summed E-state index contributed by atoms with van der Waals surface area (Å²) < 4.78 is 0. The summed E-state index contributed by atoms with van der Waals surface area (Å²) >= 11 is 0. The van der Waals surface area contributed by atoms with E-state index in [4.69, 9.17) is 0 Å². The van der Waals surface area contributed by atoms with Gasteiger partial charge in [-0.1, -0.05) is 18.2 Å². The Balaban J connectivity index is 2.45. The molecule has 7 nitrogen and oxygen atoms in total. The van der Waals surface area contributed by atoms with E-state index in [1.165, 1.54) is 13.0 Å². The minimum absolute atomic E-state index is 0.0122. The standard InChI is InChI=1S/C12H11N3O4/c1-7(16)11-9(13-14-12(11)17)6-8-4-2-3-5-10(8)15(18)19/h2-5H,6H2,1H3,(H2,13,14,17). The second-order valence-corrected chi connectivity index (χ2v) is 4.05. The first-order chi connectivity index (χ1) is 9.00. The highest BCUT2D eigenvalue weighted by Gasteiger charge is 2.18. The van der Waals surface area contributed by atoms with E-state index in [1.54, 1.807) is 18.2 Å². The highest BCUT2D eigenvalue weighted by atomic mass is 16.6. The third kappa shape index (κ3) is 2.44. The molecular weight excluding hydrogens is 250 g/mol. The first-order valence-corrected chi connectivity index (χ1v) is 5.53. The lowest BCUT2D eigenvalue weighted by Crippen LogP contribution is -2.11. The maximum Gasteiger partial charge on any atom is 0.275 e. The lowest BCUT2D eigenvalue weighted by Gasteiger charge is -2.02. The zero-order valence-corrected chi connectivity index (χ0v) is 10.1. The molecule has 2 aromatic rings. The number of H-pyrrole nitrogens is 2. The molecular formula is C12H11N3O4. The average molecular weight is 261 g/mol. The number of hydrogen-bond donors (Lipinski definition) is 2. The summed E-state index contributed by atoms with van der Waals surface area (Å²) in [6.07, 6.45) is 0.116. The number of ketones is 1. The van der Waals surface area contributed by atoms with Gasteiger partial charge in [0.15, 0.2) is 5.78 Å². The maximum absolute atomic E-state index is 11.4. The van der Waals surface area contributed by atoms with E-state index in [9.17, 15) is 19.7 Å². The average Bonchev–Trinajstić information content (AvgIpc) is 2.71. The van der Waals surface area contributed by atoms with Crippen LogP contribution >= 0.6 is 0 Å². The van der Waals surface area contributed by atoms with Crippen molar-refractivity contribution in [2.45, 2.75) is 13.3 Å². The molecule has 0 bridgehead atoms. The third-order valence-corrected chi connectivity index (χ3v) is 2.76. The molecule has 2 N–H and O–H groups in total. The van der Waals surface area contributed by atoms with Crippen LogP contribution in [0.25, 0.3) is 0 Å². The molecule has 0 aliphatic heterocycles. The van der Waals surface area contributed by atoms with Crippen molar-refractivity contribution in [1.82, 2.24) is 10.2 Å². The van der Waals surface area contributed by atoms with Crippen molar-refractivity contribution >= 4 is 11.5 Å². The van der Waals surface area contributed by atoms with Gasteiger partial charge in [0, 0.05) is 18.1 Å². The van der Waals surface area contributed by atoms with E-state index in [1.807, 2.05) is 0 Å². The van der Waals surface area contributed by atoms with Crippen LogP contribution < -0.4 is 5.56 Å². The van der Waals surface area contributed by atoms with Crippen molar-refractivity contribution in [2.75, 3.05) is 0 Å². The number of Topliss-reactive ketones (excluding diaryl/α,β-unsaturated/α-hetero) is 1. The molecule has 0 unspecified atom stereocenters. The largest absolute Gasteiger partial charge is 0.301 e. The normalized spacial score (nSPS) is 10.4. The molecule has 7 heteroatoms. The molecule has 0 saturated carbocycles. The molecule has 2 rings (SSSR count). The van der Waals surface area contributed by atoms with Crippen LogP contribution in [0.5, 0.6) is 0 Å². The van der Waals surface area contributed by atoms with Crippen molar-refractivity contribution in [1.29, 1.82) is 0 Å². The topological polar surface area (TPSA) is 109 Å². The molecule has 0 amide bonds. The predicted molar refractivity (Wildman–Crippen MR) is 67.3 cm³/mol. The Morgan fingerprint density at radius 3 is 2.63 bits per heavy atom. The Bertz CT molecular complexity index is 699. The number of nitro groups is 1. The third-order valence-electron chi connectivity index (χ3n) is 2.76. The molecule has 19 heavy (non-hydrogen) atoms. The summed E-state index contributed by atoms with van der Waals surface area (Å²) in [5, 5.41) is 15.8. The number of para-hydroxylation sites is 1. The molecule has 98 valence electrons. The zero-order chi connectivity index (χ0) is 14.0. The second kappa shape index (κ2) is 4.89. The fourth-order valence-corrected chi connectivity index (χ4v) is 1.93. The van der Waals surface area contributed by atoms with E-state index < -0.39 is 10.5 Å². The molecule has 0 aliphatic carbocycles. The number of nitrogens with one attached hydrogen (secondary N) is 2. The highest BCUT2D eigenvalue weighted by Crippen LogP contribution is 2.21. The van der Waals surface area contributed by atoms with Crippen LogP contribution in [-0.4, -0.2) is 20.9 Å². The number of nitro benzene ring substituents is 1. The SMILES string of the molecule is CC(=O)c1c(Cc2ccccc2[N+](=O)[O-])[nH][nH]c1=O. The second-order valence-electron chi connectivity index (χ2n) is 4.05. The highest BCUT2D eigenvalue weighted by molar-refractivity contribution is 5.94. The van der Waals surface area contributed by atoms with E-state index in [0.29, 0.717) is 11.3 Å². The van der Waals surface area contributed by atoms with Gasteiger partial charge in [0.2, 0.25) is 0 Å². The monoisotopic (exact) mass is 261 g/mol. The van der Waals surface area contributed by atoms with Crippen LogP contribution in [-0.2, 0) is 6.42 Å². The van der Waals surface area contributed by atoms with Crippen LogP contribution in [0.2, 0.25) is 0 Å². The molecule has 1 aromatic carbocycles. The number of carbonyl (C=O) groups is 1. The van der Waals surface area contributed by atoms with Gasteiger partial charge in [-0.15, -0.1) is 0 Å². The van der Waals surface area contributed by atoms with Crippen LogP contribution in [0, 0.1) is 10.1 Å². The van der Waals surface area contributed by atoms with E-state index in [-0.39, 0.29) is 23.5 Å². The molecule has 0 aliphatic rings. The molecule has 1 aromatic heterocycles.